The first-order valence-electron chi connectivity index (χ1n) is 7.33. The number of hydrogen-bond acceptors (Lipinski definition) is 5. The van der Waals surface area contributed by atoms with Crippen LogP contribution in [0.3, 0.4) is 0 Å². The number of hydrogen-bond donors (Lipinski definition) is 1. The molecule has 0 amide bonds. The Labute approximate surface area is 125 Å². The molecule has 1 aromatic rings. The van der Waals surface area contributed by atoms with E-state index >= 15 is 0 Å². The first-order valence-corrected chi connectivity index (χ1v) is 7.33. The van der Waals surface area contributed by atoms with Crippen LogP contribution in [-0.2, 0) is 11.3 Å². The fourth-order valence-corrected chi connectivity index (χ4v) is 2.89. The van der Waals surface area contributed by atoms with Gasteiger partial charge >= 0.3 is 0 Å². The molecular formula is C16H22N4O. The molecule has 0 bridgehead atoms. The van der Waals surface area contributed by atoms with Crippen LogP contribution in [0.4, 0.5) is 0 Å². The molecule has 2 aliphatic rings. The van der Waals surface area contributed by atoms with E-state index in [9.17, 15) is 0 Å². The highest BCUT2D eigenvalue weighted by molar-refractivity contribution is 5.38. The Morgan fingerprint density at radius 1 is 1.48 bits per heavy atom. The largest absolute Gasteiger partial charge is 0.383 e. The van der Waals surface area contributed by atoms with Crippen LogP contribution in [0.5, 0.6) is 0 Å². The van der Waals surface area contributed by atoms with Crippen molar-refractivity contribution in [2.75, 3.05) is 33.4 Å². The number of pyridine rings is 1. The molecule has 0 saturated heterocycles. The molecule has 5 heteroatoms. The van der Waals surface area contributed by atoms with Crippen LogP contribution in [0.25, 0.3) is 0 Å². The van der Waals surface area contributed by atoms with E-state index in [1.807, 2.05) is 18.5 Å². The Hall–Kier alpha value is -1.85. The molecule has 0 aliphatic carbocycles. The number of methoxy groups -OCH3 is 1. The van der Waals surface area contributed by atoms with Crippen LogP contribution in [0, 0.1) is 0 Å². The molecule has 0 radical (unpaired) electrons. The lowest BCUT2D eigenvalue weighted by Crippen LogP contribution is -2.37. The van der Waals surface area contributed by atoms with Gasteiger partial charge in [0, 0.05) is 44.7 Å². The third kappa shape index (κ3) is 3.09. The highest BCUT2D eigenvalue weighted by Gasteiger charge is 2.29. The molecule has 2 aliphatic heterocycles. The molecule has 1 aromatic heterocycles. The van der Waals surface area contributed by atoms with Gasteiger partial charge in [-0.1, -0.05) is 12.6 Å². The van der Waals surface area contributed by atoms with Crippen LogP contribution >= 0.6 is 0 Å². The number of ether oxygens (including phenoxy) is 1. The topological polar surface area (TPSA) is 40.6 Å². The summed E-state index contributed by atoms with van der Waals surface area (Å²) >= 11 is 0. The van der Waals surface area contributed by atoms with Gasteiger partial charge in [0.05, 0.1) is 24.5 Å². The average molecular weight is 286 g/mol. The summed E-state index contributed by atoms with van der Waals surface area (Å²) in [4.78, 5) is 6.62. The van der Waals surface area contributed by atoms with Gasteiger partial charge in [-0.15, -0.1) is 0 Å². The van der Waals surface area contributed by atoms with Crippen molar-refractivity contribution in [1.29, 1.82) is 0 Å². The summed E-state index contributed by atoms with van der Waals surface area (Å²) in [5, 5.41) is 2.10. The lowest BCUT2D eigenvalue weighted by atomic mass is 10.0. The number of allylic oxidation sites excluding steroid dienone is 1. The molecule has 1 N–H and O–H groups in total. The van der Waals surface area contributed by atoms with E-state index in [1.165, 1.54) is 16.8 Å². The van der Waals surface area contributed by atoms with Gasteiger partial charge in [0.25, 0.3) is 0 Å². The summed E-state index contributed by atoms with van der Waals surface area (Å²) in [6.07, 6.45) is 4.80. The number of hydrazine groups is 1. The standard InChI is InChI=1S/C16H22N4O/c1-13-15-5-7-19(11-14-4-3-6-17-10-14)12-16(15)18-20(13)8-9-21-2/h3-4,6,10,18H,1,5,7-9,11-12H2,2H3. The van der Waals surface area contributed by atoms with Crippen LogP contribution in [0.1, 0.15) is 12.0 Å². The highest BCUT2D eigenvalue weighted by atomic mass is 16.5. The monoisotopic (exact) mass is 286 g/mol. The number of rotatable bonds is 5. The Balaban J connectivity index is 1.61. The maximum absolute atomic E-state index is 5.15. The van der Waals surface area contributed by atoms with Gasteiger partial charge in [0.15, 0.2) is 0 Å². The van der Waals surface area contributed by atoms with Gasteiger partial charge < -0.3 is 10.2 Å². The first-order chi connectivity index (χ1) is 10.3. The summed E-state index contributed by atoms with van der Waals surface area (Å²) in [6.45, 7) is 8.67. The molecule has 21 heavy (non-hydrogen) atoms. The maximum atomic E-state index is 5.15. The lowest BCUT2D eigenvalue weighted by Gasteiger charge is -2.27. The van der Waals surface area contributed by atoms with E-state index in [-0.39, 0.29) is 0 Å². The molecule has 0 spiro atoms. The van der Waals surface area contributed by atoms with E-state index in [2.05, 4.69) is 33.0 Å². The van der Waals surface area contributed by atoms with E-state index in [4.69, 9.17) is 4.74 Å². The van der Waals surface area contributed by atoms with Crippen molar-refractivity contribution >= 4 is 0 Å². The molecule has 0 aromatic carbocycles. The van der Waals surface area contributed by atoms with Crippen molar-refractivity contribution in [2.45, 2.75) is 13.0 Å². The minimum absolute atomic E-state index is 0.700. The van der Waals surface area contributed by atoms with Crippen LogP contribution in [-0.4, -0.2) is 48.2 Å². The van der Waals surface area contributed by atoms with Crippen molar-refractivity contribution in [2.24, 2.45) is 0 Å². The van der Waals surface area contributed by atoms with Gasteiger partial charge in [0.1, 0.15) is 0 Å². The smallest absolute Gasteiger partial charge is 0.0658 e. The quantitative estimate of drug-likeness (QED) is 0.889. The number of aromatic nitrogens is 1. The first kappa shape index (κ1) is 14.1. The summed E-state index contributed by atoms with van der Waals surface area (Å²) in [6, 6.07) is 4.12. The third-order valence-corrected chi connectivity index (χ3v) is 4.02. The van der Waals surface area contributed by atoms with Gasteiger partial charge in [0.2, 0.25) is 0 Å². The summed E-state index contributed by atoms with van der Waals surface area (Å²) in [5.74, 6) is 0. The Morgan fingerprint density at radius 3 is 3.14 bits per heavy atom. The zero-order valence-electron chi connectivity index (χ0n) is 12.5. The summed E-state index contributed by atoms with van der Waals surface area (Å²) in [7, 11) is 1.72. The average Bonchev–Trinajstić information content (AvgIpc) is 2.82. The second kappa shape index (κ2) is 6.28. The third-order valence-electron chi connectivity index (χ3n) is 4.02. The Bertz CT molecular complexity index is 540. The molecule has 3 rings (SSSR count). The summed E-state index contributed by atoms with van der Waals surface area (Å²) < 4.78 is 5.15. The van der Waals surface area contributed by atoms with Crippen molar-refractivity contribution < 1.29 is 4.74 Å². The van der Waals surface area contributed by atoms with Crippen molar-refractivity contribution in [3.8, 4) is 0 Å². The molecule has 0 fully saturated rings. The van der Waals surface area contributed by atoms with E-state index < -0.39 is 0 Å². The van der Waals surface area contributed by atoms with Gasteiger partial charge in [-0.3, -0.25) is 14.9 Å². The van der Waals surface area contributed by atoms with Crippen LogP contribution in [0.2, 0.25) is 0 Å². The zero-order chi connectivity index (χ0) is 14.7. The van der Waals surface area contributed by atoms with Crippen LogP contribution < -0.4 is 5.43 Å². The number of nitrogens with one attached hydrogen (secondary N) is 1. The molecule has 0 saturated carbocycles. The van der Waals surface area contributed by atoms with Gasteiger partial charge in [-0.2, -0.15) is 0 Å². The van der Waals surface area contributed by atoms with E-state index in [0.717, 1.165) is 38.3 Å². The predicted octanol–water partition coefficient (Wildman–Crippen LogP) is 1.52. The molecule has 0 atom stereocenters. The minimum atomic E-state index is 0.700. The predicted molar refractivity (Wildman–Crippen MR) is 82.0 cm³/mol. The molecule has 3 heterocycles. The molecule has 112 valence electrons. The zero-order valence-corrected chi connectivity index (χ0v) is 12.5. The van der Waals surface area contributed by atoms with Crippen molar-refractivity contribution in [3.63, 3.8) is 0 Å². The van der Waals surface area contributed by atoms with E-state index in [0.29, 0.717) is 6.61 Å². The normalized spacial score (nSPS) is 18.9. The molecule has 0 unspecified atom stereocenters. The SMILES string of the molecule is C=C1C2=C(CN(Cc3cccnc3)CC2)NN1CCOC. The Kier molecular flexibility index (Phi) is 4.22. The molecular weight excluding hydrogens is 264 g/mol. The van der Waals surface area contributed by atoms with Crippen molar-refractivity contribution in [1.82, 2.24) is 20.3 Å². The fourth-order valence-electron chi connectivity index (χ4n) is 2.89. The van der Waals surface area contributed by atoms with Gasteiger partial charge in [-0.25, -0.2) is 0 Å². The second-order valence-corrected chi connectivity index (χ2v) is 5.48. The molecule has 5 nitrogen and oxygen atoms in total. The summed E-state index contributed by atoms with van der Waals surface area (Å²) in [5.41, 5.74) is 8.48. The minimum Gasteiger partial charge on any atom is -0.383 e. The number of nitrogens with zero attached hydrogens (tertiary/aromatic N) is 3. The fraction of sp³-hybridized carbons (Fsp3) is 0.438. The van der Waals surface area contributed by atoms with Crippen LogP contribution in [0.15, 0.2) is 48.1 Å². The lowest BCUT2D eigenvalue weighted by molar-refractivity contribution is 0.152. The highest BCUT2D eigenvalue weighted by Crippen LogP contribution is 2.30. The Morgan fingerprint density at radius 2 is 2.38 bits per heavy atom. The van der Waals surface area contributed by atoms with Gasteiger partial charge in [-0.05, 0) is 18.1 Å². The second-order valence-electron chi connectivity index (χ2n) is 5.48. The maximum Gasteiger partial charge on any atom is 0.0658 e. The van der Waals surface area contributed by atoms with E-state index in [1.54, 1.807) is 7.11 Å². The van der Waals surface area contributed by atoms with Crippen molar-refractivity contribution in [3.05, 3.63) is 53.6 Å².